The predicted octanol–water partition coefficient (Wildman–Crippen LogP) is 4.91. The fourth-order valence-corrected chi connectivity index (χ4v) is 6.15. The van der Waals surface area contributed by atoms with Gasteiger partial charge >= 0.3 is 7.12 Å². The highest BCUT2D eigenvalue weighted by molar-refractivity contribution is 7.80. The van der Waals surface area contributed by atoms with Crippen LogP contribution in [0.15, 0.2) is 54.7 Å². The fourth-order valence-electron chi connectivity index (χ4n) is 5.47. The minimum Gasteiger partial charge on any atom is -0.755 e. The topological polar surface area (TPSA) is 122 Å². The van der Waals surface area contributed by atoms with Crippen LogP contribution in [0.5, 0.6) is 0 Å². The smallest absolute Gasteiger partial charge is 0.497 e. The van der Waals surface area contributed by atoms with Gasteiger partial charge in [-0.1, -0.05) is 35.9 Å². The predicted molar refractivity (Wildman–Crippen MR) is 168 cm³/mol. The molecular formula is C31H32BClFN4O5S-. The van der Waals surface area contributed by atoms with Crippen molar-refractivity contribution >= 4 is 52.6 Å². The number of nitrogens with zero attached hydrogens (tertiary/aromatic N) is 3. The molecule has 2 N–H and O–H groups in total. The average molecular weight is 638 g/mol. The largest absolute Gasteiger partial charge is 0.755 e. The van der Waals surface area contributed by atoms with Crippen LogP contribution in [-0.4, -0.2) is 49.1 Å². The van der Waals surface area contributed by atoms with Crippen LogP contribution in [0.2, 0.25) is 5.02 Å². The third-order valence-electron chi connectivity index (χ3n) is 8.79. The zero-order valence-electron chi connectivity index (χ0n) is 24.8. The average Bonchev–Trinajstić information content (AvgIpc) is 3.67. The molecular weight excluding hydrogens is 606 g/mol. The Labute approximate surface area is 263 Å². The quantitative estimate of drug-likeness (QED) is 0.206. The monoisotopic (exact) mass is 637 g/mol. The van der Waals surface area contributed by atoms with E-state index in [1.54, 1.807) is 48.7 Å². The van der Waals surface area contributed by atoms with Gasteiger partial charge in [0.05, 0.1) is 34.2 Å². The molecule has 6 rings (SSSR count). The summed E-state index contributed by atoms with van der Waals surface area (Å²) in [5.74, 6) is -0.997. The number of anilines is 1. The zero-order valence-corrected chi connectivity index (χ0v) is 26.4. The molecule has 2 aliphatic rings. The maximum Gasteiger partial charge on any atom is 0.497 e. The van der Waals surface area contributed by atoms with E-state index in [-0.39, 0.29) is 24.4 Å². The number of benzene rings is 2. The number of rotatable bonds is 9. The van der Waals surface area contributed by atoms with E-state index >= 15 is 4.39 Å². The van der Waals surface area contributed by atoms with Crippen molar-refractivity contribution in [3.63, 3.8) is 0 Å². The van der Waals surface area contributed by atoms with Crippen molar-refractivity contribution < 1.29 is 27.3 Å². The highest BCUT2D eigenvalue weighted by Crippen LogP contribution is 2.46. The molecule has 2 fully saturated rings. The molecule has 1 saturated heterocycles. The molecule has 2 aromatic heterocycles. The number of carbonyl (C=O) groups excluding carboxylic acids is 1. The Kier molecular flexibility index (Phi) is 7.86. The standard InChI is InChI=1S/C31H33BClFN4O5S/c1-30(2)31(3,4)43-32(42-30)23-12-5-18(15-24(23)34)13-14-38(44(40)41)26-17-37-25(16-22(26)19-6-7-19)27(29(35)39)28(36-37)20-8-10-21(33)11-9-20/h5,8-12,15-17,19H,6-7,13-14H2,1-4H3,(H2,35,39)(H,40,41)/p-1. The summed E-state index contributed by atoms with van der Waals surface area (Å²) in [5, 5.41) is 5.16. The third-order valence-corrected chi connectivity index (χ3v) is 9.78. The number of hydrogen-bond acceptors (Lipinski definition) is 6. The van der Waals surface area contributed by atoms with E-state index in [0.29, 0.717) is 38.5 Å². The van der Waals surface area contributed by atoms with Crippen molar-refractivity contribution in [3.8, 4) is 11.3 Å². The maximum absolute atomic E-state index is 15.3. The van der Waals surface area contributed by atoms with E-state index in [9.17, 15) is 13.6 Å². The van der Waals surface area contributed by atoms with Crippen molar-refractivity contribution in [2.24, 2.45) is 5.73 Å². The molecule has 1 aliphatic carbocycles. The highest BCUT2D eigenvalue weighted by atomic mass is 35.5. The van der Waals surface area contributed by atoms with Gasteiger partial charge in [0, 0.05) is 33.9 Å². The van der Waals surface area contributed by atoms with Gasteiger partial charge in [0.1, 0.15) is 11.5 Å². The fraction of sp³-hybridized carbons (Fsp3) is 0.355. The van der Waals surface area contributed by atoms with Crippen molar-refractivity contribution in [3.05, 3.63) is 82.3 Å². The number of halogens is 2. The van der Waals surface area contributed by atoms with Crippen molar-refractivity contribution in [1.82, 2.24) is 9.61 Å². The van der Waals surface area contributed by atoms with E-state index in [1.165, 1.54) is 14.9 Å². The summed E-state index contributed by atoms with van der Waals surface area (Å²) in [7, 11) is -0.843. The lowest BCUT2D eigenvalue weighted by Gasteiger charge is -2.32. The second kappa shape index (κ2) is 11.3. The van der Waals surface area contributed by atoms with E-state index in [1.807, 2.05) is 27.7 Å². The normalized spacial score (nSPS) is 18.1. The molecule has 1 unspecified atom stereocenters. The Hall–Kier alpha value is -3.29. The molecule has 230 valence electrons. The second-order valence-electron chi connectivity index (χ2n) is 12.3. The Bertz CT molecular complexity index is 1780. The first-order chi connectivity index (χ1) is 20.8. The number of aromatic nitrogens is 2. The van der Waals surface area contributed by atoms with Crippen LogP contribution >= 0.6 is 11.6 Å². The second-order valence-corrected chi connectivity index (χ2v) is 13.6. The minimum absolute atomic E-state index is 0.0601. The summed E-state index contributed by atoms with van der Waals surface area (Å²) in [6.45, 7) is 7.67. The van der Waals surface area contributed by atoms with Gasteiger partial charge in [0.25, 0.3) is 5.91 Å². The van der Waals surface area contributed by atoms with E-state index in [0.717, 1.165) is 18.4 Å². The van der Waals surface area contributed by atoms with Crippen LogP contribution in [0.25, 0.3) is 16.8 Å². The summed E-state index contributed by atoms with van der Waals surface area (Å²) in [5.41, 5.74) is 8.50. The molecule has 1 atom stereocenters. The minimum atomic E-state index is -2.64. The van der Waals surface area contributed by atoms with Crippen LogP contribution in [0.3, 0.4) is 0 Å². The lowest BCUT2D eigenvalue weighted by atomic mass is 9.78. The maximum atomic E-state index is 15.3. The van der Waals surface area contributed by atoms with Crippen molar-refractivity contribution in [2.45, 2.75) is 64.1 Å². The molecule has 1 saturated carbocycles. The molecule has 0 spiro atoms. The third kappa shape index (κ3) is 5.65. The lowest BCUT2D eigenvalue weighted by Crippen LogP contribution is -2.41. The molecule has 3 heterocycles. The molecule has 13 heteroatoms. The number of primary amides is 1. The first kappa shape index (κ1) is 30.7. The molecule has 2 aromatic carbocycles. The van der Waals surface area contributed by atoms with Gasteiger partial charge in [-0.2, -0.15) is 5.10 Å². The van der Waals surface area contributed by atoms with Gasteiger partial charge in [-0.3, -0.25) is 9.00 Å². The van der Waals surface area contributed by atoms with Gasteiger partial charge in [0.2, 0.25) is 0 Å². The number of carbonyl (C=O) groups is 1. The number of fused-ring (bicyclic) bond motifs is 1. The van der Waals surface area contributed by atoms with Gasteiger partial charge < -0.3 is 23.9 Å². The molecule has 44 heavy (non-hydrogen) atoms. The Morgan fingerprint density at radius 1 is 1.16 bits per heavy atom. The Morgan fingerprint density at radius 2 is 1.82 bits per heavy atom. The van der Waals surface area contributed by atoms with Crippen LogP contribution in [0.4, 0.5) is 10.1 Å². The van der Waals surface area contributed by atoms with Gasteiger partial charge in [-0.05, 0) is 88.3 Å². The Morgan fingerprint density at radius 3 is 2.39 bits per heavy atom. The summed E-state index contributed by atoms with van der Waals surface area (Å²) >= 11 is 3.41. The van der Waals surface area contributed by atoms with E-state index in [2.05, 4.69) is 5.10 Å². The van der Waals surface area contributed by atoms with Crippen LogP contribution in [0.1, 0.15) is 67.9 Å². The first-order valence-corrected chi connectivity index (χ1v) is 15.8. The van der Waals surface area contributed by atoms with Crippen molar-refractivity contribution in [1.29, 1.82) is 0 Å². The van der Waals surface area contributed by atoms with Gasteiger partial charge in [-0.15, -0.1) is 0 Å². The number of hydrogen-bond donors (Lipinski definition) is 1. The SMILES string of the molecule is CC1(C)OB(c2ccc(CCN(c3cn4nc(-c5ccc(Cl)cc5)c(C(N)=O)c4cc3C3CC3)S(=O)[O-])cc2F)OC1(C)C. The summed E-state index contributed by atoms with van der Waals surface area (Å²) in [6.07, 6.45) is 3.64. The Balaban J connectivity index is 1.31. The molecule has 1 amide bonds. The number of pyridine rings is 1. The molecule has 9 nitrogen and oxygen atoms in total. The molecule has 4 aromatic rings. The number of nitrogens with two attached hydrogens (primary N) is 1. The van der Waals surface area contributed by atoms with Crippen LogP contribution in [-0.2, 0) is 27.0 Å². The van der Waals surface area contributed by atoms with Crippen LogP contribution < -0.4 is 15.5 Å². The van der Waals surface area contributed by atoms with E-state index < -0.39 is 41.3 Å². The molecule has 1 aliphatic heterocycles. The van der Waals surface area contributed by atoms with E-state index in [4.69, 9.17) is 26.6 Å². The zero-order chi connectivity index (χ0) is 31.6. The summed E-state index contributed by atoms with van der Waals surface area (Å²) < 4.78 is 55.2. The molecule has 0 bridgehead atoms. The number of amides is 1. The molecule has 0 radical (unpaired) electrons. The first-order valence-electron chi connectivity index (χ1n) is 14.4. The summed E-state index contributed by atoms with van der Waals surface area (Å²) in [6, 6.07) is 13.5. The lowest BCUT2D eigenvalue weighted by molar-refractivity contribution is 0.00578. The van der Waals surface area contributed by atoms with Crippen LogP contribution in [0, 0.1) is 5.82 Å². The summed E-state index contributed by atoms with van der Waals surface area (Å²) in [4.78, 5) is 12.6. The van der Waals surface area contributed by atoms with Gasteiger partial charge in [-0.25, -0.2) is 8.91 Å². The van der Waals surface area contributed by atoms with Gasteiger partial charge in [0.15, 0.2) is 0 Å². The highest BCUT2D eigenvalue weighted by Gasteiger charge is 2.52. The van der Waals surface area contributed by atoms with Crippen molar-refractivity contribution in [2.75, 3.05) is 10.8 Å².